The number of benzene rings is 1. The third-order valence-corrected chi connectivity index (χ3v) is 11.9. The number of nitrogen functional groups attached to an aromatic ring is 1. The van der Waals surface area contributed by atoms with Crippen LogP contribution >= 0.6 is 22.9 Å². The van der Waals surface area contributed by atoms with E-state index in [9.17, 15) is 14.4 Å². The molecule has 10 nitrogen and oxygen atoms in total. The second kappa shape index (κ2) is 14.4. The van der Waals surface area contributed by atoms with Crippen LogP contribution in [0.25, 0.3) is 0 Å². The summed E-state index contributed by atoms with van der Waals surface area (Å²) in [4.78, 5) is 48.8. The molecule has 0 bridgehead atoms. The lowest BCUT2D eigenvalue weighted by Crippen LogP contribution is -2.57. The van der Waals surface area contributed by atoms with Crippen LogP contribution in [0.4, 0.5) is 21.0 Å². The van der Waals surface area contributed by atoms with Crippen molar-refractivity contribution in [1.82, 2.24) is 24.9 Å². The van der Waals surface area contributed by atoms with E-state index in [0.717, 1.165) is 68.2 Å². The normalized spacial score (nSPS) is 21.5. The van der Waals surface area contributed by atoms with Gasteiger partial charge in [0.15, 0.2) is 0 Å². The number of piperidine rings is 3. The van der Waals surface area contributed by atoms with Crippen LogP contribution in [0.1, 0.15) is 55.2 Å². The zero-order valence-electron chi connectivity index (χ0n) is 27.1. The number of carbonyl (C=O) groups is 3. The summed E-state index contributed by atoms with van der Waals surface area (Å²) in [5.74, 6) is 1.35. The number of hydrogen-bond acceptors (Lipinski definition) is 6. The van der Waals surface area contributed by atoms with Crippen molar-refractivity contribution in [3.05, 3.63) is 44.6 Å². The monoisotopic (exact) mass is 669 g/mol. The number of thiophene rings is 1. The highest BCUT2D eigenvalue weighted by atomic mass is 35.5. The minimum absolute atomic E-state index is 0.0378. The molecule has 3 saturated heterocycles. The first-order valence-electron chi connectivity index (χ1n) is 16.9. The fraction of sp³-hybridized carbons (Fsp3) is 0.618. The van der Waals surface area contributed by atoms with Crippen molar-refractivity contribution in [2.75, 3.05) is 63.9 Å². The molecule has 1 atom stereocenters. The van der Waals surface area contributed by atoms with Crippen molar-refractivity contribution in [2.24, 2.45) is 11.8 Å². The van der Waals surface area contributed by atoms with Gasteiger partial charge in [-0.05, 0) is 112 Å². The van der Waals surface area contributed by atoms with Gasteiger partial charge in [-0.15, -0.1) is 11.3 Å². The van der Waals surface area contributed by atoms with Crippen LogP contribution in [0.2, 0.25) is 5.02 Å². The molecule has 5 heterocycles. The molecule has 0 unspecified atom stereocenters. The van der Waals surface area contributed by atoms with Crippen LogP contribution in [0, 0.1) is 18.8 Å². The summed E-state index contributed by atoms with van der Waals surface area (Å²) >= 11 is 8.03. The lowest BCUT2D eigenvalue weighted by molar-refractivity contribution is -0.135. The number of nitrogens with one attached hydrogen (secondary N) is 2. The molecule has 6 rings (SSSR count). The maximum Gasteiger partial charge on any atom is 0.322 e. The second-order valence-electron chi connectivity index (χ2n) is 13.7. The molecule has 0 saturated carbocycles. The summed E-state index contributed by atoms with van der Waals surface area (Å²) in [6, 6.07) is 2.82. The third-order valence-electron chi connectivity index (χ3n) is 10.8. The summed E-state index contributed by atoms with van der Waals surface area (Å²) < 4.78 is 0. The van der Waals surface area contributed by atoms with Crippen molar-refractivity contribution in [3.63, 3.8) is 0 Å². The number of fused-ring (bicyclic) bond motifs is 1. The van der Waals surface area contributed by atoms with Crippen molar-refractivity contribution in [2.45, 2.75) is 70.4 Å². The Hall–Kier alpha value is -3.02. The highest BCUT2D eigenvalue weighted by Crippen LogP contribution is 2.33. The fourth-order valence-electron chi connectivity index (χ4n) is 7.82. The first-order valence-corrected chi connectivity index (χ1v) is 18.2. The third kappa shape index (κ3) is 7.42. The zero-order valence-corrected chi connectivity index (χ0v) is 28.7. The quantitative estimate of drug-likeness (QED) is 0.373. The number of anilines is 2. The molecule has 46 heavy (non-hydrogen) atoms. The predicted molar refractivity (Wildman–Crippen MR) is 184 cm³/mol. The molecule has 0 spiro atoms. The highest BCUT2D eigenvalue weighted by Gasteiger charge is 2.36. The van der Waals surface area contributed by atoms with Gasteiger partial charge < -0.3 is 36.0 Å². The number of nitrogens with zero attached hydrogens (tertiary/aromatic N) is 4. The van der Waals surface area contributed by atoms with Crippen LogP contribution < -0.4 is 16.4 Å². The van der Waals surface area contributed by atoms with E-state index in [1.165, 1.54) is 18.4 Å². The molecule has 4 N–H and O–H groups in total. The Balaban J connectivity index is 1.08. The molecular formula is C34H48ClN7O3S. The van der Waals surface area contributed by atoms with E-state index in [-0.39, 0.29) is 24.0 Å². The summed E-state index contributed by atoms with van der Waals surface area (Å²) in [5.41, 5.74) is 10.5. The van der Waals surface area contributed by atoms with E-state index >= 15 is 0 Å². The SMILES string of the molecule is Cc1cc(C[C@@H](NC(=O)N2CCC(N3CCc4cscc4NC3=O)CC2)C(=O)N2CCC(C3CCN(C)CC3)CC2)cc(Cl)c1N. The van der Waals surface area contributed by atoms with Gasteiger partial charge in [0, 0.05) is 50.6 Å². The molecule has 250 valence electrons. The van der Waals surface area contributed by atoms with Crippen molar-refractivity contribution in [3.8, 4) is 0 Å². The Morgan fingerprint density at radius 3 is 2.30 bits per heavy atom. The summed E-state index contributed by atoms with van der Waals surface area (Å²) in [5, 5.41) is 10.7. The molecule has 4 aliphatic heterocycles. The van der Waals surface area contributed by atoms with Crippen LogP contribution in [0.5, 0.6) is 0 Å². The average molecular weight is 670 g/mol. The molecule has 1 aromatic carbocycles. The Bertz CT molecular complexity index is 1390. The van der Waals surface area contributed by atoms with E-state index in [1.807, 2.05) is 28.2 Å². The van der Waals surface area contributed by atoms with E-state index < -0.39 is 6.04 Å². The molecule has 12 heteroatoms. The maximum absolute atomic E-state index is 14.1. The molecular weight excluding hydrogens is 622 g/mol. The predicted octanol–water partition coefficient (Wildman–Crippen LogP) is 5.05. The minimum atomic E-state index is -0.709. The summed E-state index contributed by atoms with van der Waals surface area (Å²) in [6.45, 7) is 7.37. The zero-order chi connectivity index (χ0) is 32.4. The van der Waals surface area contributed by atoms with Gasteiger partial charge in [-0.3, -0.25) is 4.79 Å². The molecule has 5 amide bonds. The van der Waals surface area contributed by atoms with Crippen molar-refractivity contribution >= 4 is 52.3 Å². The van der Waals surface area contributed by atoms with Gasteiger partial charge in [-0.2, -0.15) is 0 Å². The molecule has 1 aromatic heterocycles. The van der Waals surface area contributed by atoms with Gasteiger partial charge in [0.05, 0.1) is 16.4 Å². The van der Waals surface area contributed by atoms with Crippen molar-refractivity contribution < 1.29 is 14.4 Å². The average Bonchev–Trinajstić information content (AvgIpc) is 3.43. The number of nitrogens with two attached hydrogens (primary N) is 1. The highest BCUT2D eigenvalue weighted by molar-refractivity contribution is 7.08. The number of aryl methyl sites for hydroxylation is 1. The topological polar surface area (TPSA) is 114 Å². The Labute approximate surface area is 281 Å². The van der Waals surface area contributed by atoms with E-state index in [1.54, 1.807) is 22.3 Å². The van der Waals surface area contributed by atoms with Crippen molar-refractivity contribution in [1.29, 1.82) is 0 Å². The van der Waals surface area contributed by atoms with Crippen LogP contribution in [-0.2, 0) is 17.6 Å². The minimum Gasteiger partial charge on any atom is -0.397 e. The second-order valence-corrected chi connectivity index (χ2v) is 14.9. The Morgan fingerprint density at radius 2 is 1.63 bits per heavy atom. The summed E-state index contributed by atoms with van der Waals surface area (Å²) in [6.07, 6.45) is 7.06. The van der Waals surface area contributed by atoms with Gasteiger partial charge in [-0.1, -0.05) is 17.7 Å². The molecule has 0 radical (unpaired) electrons. The number of likely N-dealkylation sites (tertiary alicyclic amines) is 3. The van der Waals surface area contributed by atoms with E-state index in [0.29, 0.717) is 55.5 Å². The van der Waals surface area contributed by atoms with Crippen LogP contribution in [0.15, 0.2) is 22.9 Å². The van der Waals surface area contributed by atoms with E-state index in [2.05, 4.69) is 28.0 Å². The molecule has 2 aromatic rings. The smallest absolute Gasteiger partial charge is 0.322 e. The first-order chi connectivity index (χ1) is 22.2. The lowest BCUT2D eigenvalue weighted by atomic mass is 9.79. The number of hydrogen-bond donors (Lipinski definition) is 3. The Kier molecular flexibility index (Phi) is 10.3. The fourth-order valence-corrected chi connectivity index (χ4v) is 8.93. The summed E-state index contributed by atoms with van der Waals surface area (Å²) in [7, 11) is 2.19. The molecule has 4 aliphatic rings. The molecule has 3 fully saturated rings. The number of rotatable bonds is 6. The number of urea groups is 2. The van der Waals surface area contributed by atoms with Crippen LogP contribution in [-0.4, -0.2) is 103 Å². The first kappa shape index (κ1) is 32.9. The molecule has 0 aliphatic carbocycles. The number of amides is 5. The number of carbonyl (C=O) groups excluding carboxylic acids is 3. The van der Waals surface area contributed by atoms with Gasteiger partial charge in [-0.25, -0.2) is 9.59 Å². The van der Waals surface area contributed by atoms with Gasteiger partial charge in [0.2, 0.25) is 5.91 Å². The maximum atomic E-state index is 14.1. The van der Waals surface area contributed by atoms with Gasteiger partial charge in [0.25, 0.3) is 0 Å². The van der Waals surface area contributed by atoms with Gasteiger partial charge in [0.1, 0.15) is 6.04 Å². The lowest BCUT2D eigenvalue weighted by Gasteiger charge is -2.41. The number of halogens is 1. The van der Waals surface area contributed by atoms with Gasteiger partial charge >= 0.3 is 12.1 Å². The standard InChI is InChI=1S/C34H48ClN7O3S/c1-22-17-23(18-28(35)31(22)36)19-29(32(43)40-12-5-25(6-13-40)24-3-10-39(2)11-4-24)37-33(44)41-14-8-27(9-15-41)42-16-7-26-20-46-21-30(26)38-34(42)45/h17-18,20-21,24-25,27,29H,3-16,19,36H2,1-2H3,(H,37,44)(H,38,45)/t29-/m1/s1. The Morgan fingerprint density at radius 1 is 0.978 bits per heavy atom. The van der Waals surface area contributed by atoms with Crippen LogP contribution in [0.3, 0.4) is 0 Å². The van der Waals surface area contributed by atoms with E-state index in [4.69, 9.17) is 17.3 Å². The largest absolute Gasteiger partial charge is 0.397 e.